The van der Waals surface area contributed by atoms with E-state index in [1.165, 1.54) is 0 Å². The summed E-state index contributed by atoms with van der Waals surface area (Å²) in [5.41, 5.74) is 0.957. The molecule has 10 heteroatoms. The second-order valence-corrected chi connectivity index (χ2v) is 10.8. The van der Waals surface area contributed by atoms with Crippen LogP contribution in [0, 0.1) is 0 Å². The molecule has 208 valence electrons. The first-order valence-electron chi connectivity index (χ1n) is 13.7. The highest BCUT2D eigenvalue weighted by Gasteiger charge is 2.45. The van der Waals surface area contributed by atoms with E-state index in [1.807, 2.05) is 43.0 Å². The van der Waals surface area contributed by atoms with Crippen LogP contribution in [0.3, 0.4) is 0 Å². The number of fused-ring (bicyclic) bond motifs is 2. The van der Waals surface area contributed by atoms with E-state index in [0.717, 1.165) is 30.0 Å². The molecule has 0 aromatic heterocycles. The molecule has 4 rings (SSSR count). The summed E-state index contributed by atoms with van der Waals surface area (Å²) in [5.74, 6) is 0.878. The van der Waals surface area contributed by atoms with E-state index in [9.17, 15) is 14.4 Å². The first kappa shape index (κ1) is 27.8. The molecule has 4 N–H and O–H groups in total. The molecule has 0 radical (unpaired) electrons. The van der Waals surface area contributed by atoms with Crippen LogP contribution < -0.4 is 26.0 Å². The lowest BCUT2D eigenvalue weighted by atomic mass is 10.00. The fraction of sp³-hybridized carbons (Fsp3) is 0.607. The van der Waals surface area contributed by atoms with E-state index >= 15 is 0 Å². The molecule has 1 aromatic carbocycles. The molecule has 0 aliphatic carbocycles. The summed E-state index contributed by atoms with van der Waals surface area (Å²) in [5, 5.41) is 12.4. The number of hydrogen-bond donors (Lipinski definition) is 4. The Morgan fingerprint density at radius 3 is 2.55 bits per heavy atom. The molecule has 5 atom stereocenters. The highest BCUT2D eigenvalue weighted by molar-refractivity contribution is 5.94. The van der Waals surface area contributed by atoms with Gasteiger partial charge in [-0.1, -0.05) is 24.8 Å². The molecule has 0 saturated carbocycles. The maximum absolute atomic E-state index is 14.0. The molecule has 10 nitrogen and oxygen atoms in total. The normalized spacial score (nSPS) is 25.9. The van der Waals surface area contributed by atoms with Crippen LogP contribution in [0.5, 0.6) is 5.75 Å². The van der Waals surface area contributed by atoms with Crippen molar-refractivity contribution in [1.82, 2.24) is 31.1 Å². The van der Waals surface area contributed by atoms with Crippen molar-refractivity contribution < 1.29 is 19.1 Å². The fourth-order valence-corrected chi connectivity index (χ4v) is 5.60. The van der Waals surface area contributed by atoms with Gasteiger partial charge in [0, 0.05) is 37.2 Å². The van der Waals surface area contributed by atoms with E-state index in [-0.39, 0.29) is 42.4 Å². The van der Waals surface area contributed by atoms with Crippen LogP contribution in [0.1, 0.15) is 58.1 Å². The molecule has 3 aliphatic heterocycles. The molecule has 38 heavy (non-hydrogen) atoms. The van der Waals surface area contributed by atoms with Gasteiger partial charge in [-0.15, -0.1) is 0 Å². The van der Waals surface area contributed by atoms with E-state index in [2.05, 4.69) is 27.8 Å². The first-order valence-corrected chi connectivity index (χ1v) is 13.7. The van der Waals surface area contributed by atoms with Gasteiger partial charge in [0.05, 0.1) is 24.5 Å². The smallest absolute Gasteiger partial charge is 0.247 e. The summed E-state index contributed by atoms with van der Waals surface area (Å²) < 4.78 is 5.75. The molecule has 3 aliphatic rings. The Morgan fingerprint density at radius 1 is 1.05 bits per heavy atom. The minimum Gasteiger partial charge on any atom is -0.493 e. The second-order valence-electron chi connectivity index (χ2n) is 10.8. The van der Waals surface area contributed by atoms with Crippen LogP contribution in [0.15, 0.2) is 36.7 Å². The third-order valence-corrected chi connectivity index (χ3v) is 7.75. The zero-order chi connectivity index (χ0) is 27.4. The minimum absolute atomic E-state index is 0.0870. The van der Waals surface area contributed by atoms with Crippen LogP contribution >= 0.6 is 0 Å². The number of nitrogens with one attached hydrogen (secondary N) is 4. The van der Waals surface area contributed by atoms with Crippen molar-refractivity contribution in [1.29, 1.82) is 0 Å². The van der Waals surface area contributed by atoms with Gasteiger partial charge in [0.25, 0.3) is 0 Å². The number of benzene rings is 1. The predicted molar refractivity (Wildman–Crippen MR) is 145 cm³/mol. The third kappa shape index (κ3) is 6.06. The molecular formula is C28H42N6O4. The van der Waals surface area contributed by atoms with Crippen molar-refractivity contribution in [3.63, 3.8) is 0 Å². The maximum atomic E-state index is 14.0. The lowest BCUT2D eigenvalue weighted by Crippen LogP contribution is -2.62. The van der Waals surface area contributed by atoms with Crippen molar-refractivity contribution in [2.75, 3.05) is 26.7 Å². The molecular weight excluding hydrogens is 484 g/mol. The van der Waals surface area contributed by atoms with Crippen molar-refractivity contribution in [3.8, 4) is 5.75 Å². The summed E-state index contributed by atoms with van der Waals surface area (Å²) in [4.78, 5) is 44.3. The van der Waals surface area contributed by atoms with Gasteiger partial charge in [-0.3, -0.25) is 14.4 Å². The van der Waals surface area contributed by atoms with Gasteiger partial charge in [0.2, 0.25) is 17.7 Å². The van der Waals surface area contributed by atoms with Crippen molar-refractivity contribution in [2.24, 2.45) is 0 Å². The van der Waals surface area contributed by atoms with Gasteiger partial charge >= 0.3 is 0 Å². The van der Waals surface area contributed by atoms with E-state index in [4.69, 9.17) is 4.74 Å². The van der Waals surface area contributed by atoms with Gasteiger partial charge in [-0.2, -0.15) is 0 Å². The largest absolute Gasteiger partial charge is 0.493 e. The van der Waals surface area contributed by atoms with Crippen LogP contribution in [0.25, 0.3) is 0 Å². The number of hydrogen-bond acceptors (Lipinski definition) is 7. The number of likely N-dealkylation sites (N-methyl/N-ethyl adjacent to an activating group) is 1. The zero-order valence-electron chi connectivity index (χ0n) is 23.0. The van der Waals surface area contributed by atoms with Crippen molar-refractivity contribution in [3.05, 3.63) is 42.2 Å². The lowest BCUT2D eigenvalue weighted by Gasteiger charge is -2.40. The van der Waals surface area contributed by atoms with Crippen molar-refractivity contribution >= 4 is 17.7 Å². The number of carbonyl (C=O) groups excluding carboxylic acids is 3. The Labute approximate surface area is 225 Å². The second kappa shape index (κ2) is 12.1. The summed E-state index contributed by atoms with van der Waals surface area (Å²) in [6, 6.07) is 5.84. The fourth-order valence-electron chi connectivity index (χ4n) is 5.60. The predicted octanol–water partition coefficient (Wildman–Crippen LogP) is 1.25. The molecule has 3 heterocycles. The van der Waals surface area contributed by atoms with Gasteiger partial charge in [-0.05, 0) is 53.1 Å². The third-order valence-electron chi connectivity index (χ3n) is 7.75. The summed E-state index contributed by atoms with van der Waals surface area (Å²) in [6.07, 6.45) is 2.72. The van der Waals surface area contributed by atoms with E-state index < -0.39 is 18.1 Å². The topological polar surface area (TPSA) is 115 Å². The Balaban J connectivity index is 1.54. The first-order chi connectivity index (χ1) is 18.2. The Kier molecular flexibility index (Phi) is 8.81. The Morgan fingerprint density at radius 2 is 1.82 bits per heavy atom. The number of rotatable bonds is 8. The number of carbonyl (C=O) groups is 3. The average Bonchev–Trinajstić information content (AvgIpc) is 3.31. The molecule has 1 aromatic rings. The van der Waals surface area contributed by atoms with Crippen LogP contribution in [0.4, 0.5) is 0 Å². The number of amides is 3. The minimum atomic E-state index is -0.802. The Bertz CT molecular complexity index is 1050. The summed E-state index contributed by atoms with van der Waals surface area (Å²) in [6.45, 7) is 11.5. The molecule has 0 spiro atoms. The molecule has 2 saturated heterocycles. The summed E-state index contributed by atoms with van der Waals surface area (Å²) >= 11 is 0. The highest BCUT2D eigenvalue weighted by Crippen LogP contribution is 2.34. The molecule has 3 amide bonds. The van der Waals surface area contributed by atoms with Gasteiger partial charge in [-0.25, -0.2) is 0 Å². The number of ether oxygens (including phenoxy) is 1. The van der Waals surface area contributed by atoms with E-state index in [0.29, 0.717) is 26.0 Å². The number of nitrogens with zero attached hydrogens (tertiary/aromatic N) is 2. The van der Waals surface area contributed by atoms with E-state index in [1.54, 1.807) is 18.9 Å². The van der Waals surface area contributed by atoms with Gasteiger partial charge < -0.3 is 35.8 Å². The SMILES string of the molecule is C=C(NC(C)C)N1CC[C@H]2CC[C@@H](C(=O)N[C@@H]3CCOc4ccccc43)N2C(=O)[C@@H](NC(=O)[C@H](C)NC)C1. The van der Waals surface area contributed by atoms with Gasteiger partial charge in [0.1, 0.15) is 17.8 Å². The quantitative estimate of drug-likeness (QED) is 0.403. The number of para-hydroxylation sites is 1. The van der Waals surface area contributed by atoms with Crippen LogP contribution in [0.2, 0.25) is 0 Å². The van der Waals surface area contributed by atoms with Crippen LogP contribution in [-0.2, 0) is 14.4 Å². The van der Waals surface area contributed by atoms with Crippen LogP contribution in [-0.4, -0.2) is 84.5 Å². The van der Waals surface area contributed by atoms with Gasteiger partial charge in [0.15, 0.2) is 0 Å². The summed E-state index contributed by atoms with van der Waals surface area (Å²) in [7, 11) is 1.70. The lowest BCUT2D eigenvalue weighted by molar-refractivity contribution is -0.145. The van der Waals surface area contributed by atoms with Crippen molar-refractivity contribution in [2.45, 2.75) is 82.7 Å². The molecule has 0 unspecified atom stereocenters. The molecule has 2 fully saturated rings. The average molecular weight is 527 g/mol. The molecule has 0 bridgehead atoms. The standard InChI is InChI=1S/C28H42N6O4/c1-17(2)30-19(4)33-14-12-20-10-11-24(34(20)28(37)23(16-33)32-26(35)18(3)29-5)27(36)31-22-13-15-38-25-9-7-6-8-21(22)25/h6-9,17-18,20,22-24,29-30H,4,10-16H2,1-3,5H3,(H,31,36)(H,32,35)/t18-,20+,22+,23-,24-/m0/s1. The Hall–Kier alpha value is -3.27. The highest BCUT2D eigenvalue weighted by atomic mass is 16.5. The maximum Gasteiger partial charge on any atom is 0.247 e. The monoisotopic (exact) mass is 526 g/mol. The zero-order valence-corrected chi connectivity index (χ0v) is 23.0.